The molecule has 0 aliphatic carbocycles. The Morgan fingerprint density at radius 1 is 0.471 bits per heavy atom. The van der Waals surface area contributed by atoms with E-state index in [0.717, 1.165) is 16.7 Å². The molecule has 266 valence electrons. The molecule has 0 unspecified atom stereocenters. The van der Waals surface area contributed by atoms with Crippen molar-refractivity contribution in [1.82, 2.24) is 19.6 Å². The van der Waals surface area contributed by atoms with Gasteiger partial charge in [0.25, 0.3) is 0 Å². The Balaban J connectivity index is 1.74. The highest BCUT2D eigenvalue weighted by Crippen LogP contribution is 2.25. The summed E-state index contributed by atoms with van der Waals surface area (Å²) in [4.78, 5) is 74.5. The highest BCUT2D eigenvalue weighted by Gasteiger charge is 2.40. The second kappa shape index (κ2) is 17.8. The van der Waals surface area contributed by atoms with Gasteiger partial charge in [0, 0.05) is 54.4 Å². The van der Waals surface area contributed by atoms with Crippen LogP contribution in [0.5, 0.6) is 0 Å². The fraction of sp³-hybridized carbons (Fsp3) is 0.293. The van der Waals surface area contributed by atoms with E-state index in [9.17, 15) is 24.0 Å². The molecule has 10 nitrogen and oxygen atoms in total. The molecule has 0 saturated heterocycles. The zero-order valence-electron chi connectivity index (χ0n) is 29.9. The van der Waals surface area contributed by atoms with E-state index < -0.39 is 47.8 Å². The predicted molar refractivity (Wildman–Crippen MR) is 197 cm³/mol. The molecule has 4 rings (SSSR count). The van der Waals surface area contributed by atoms with E-state index in [0.29, 0.717) is 5.56 Å². The molecule has 0 heterocycles. The molecule has 0 bridgehead atoms. The van der Waals surface area contributed by atoms with Gasteiger partial charge in [-0.15, -0.1) is 0 Å². The molecule has 4 atom stereocenters. The van der Waals surface area contributed by atoms with Crippen molar-refractivity contribution in [2.24, 2.45) is 5.73 Å². The van der Waals surface area contributed by atoms with Gasteiger partial charge in [0.05, 0.1) is 0 Å². The highest BCUT2D eigenvalue weighted by atomic mass is 16.2. The molecule has 0 aliphatic rings. The van der Waals surface area contributed by atoms with Crippen LogP contribution < -0.4 is 5.73 Å². The standard InChI is InChI=1S/C41H47N5O5/c1-29(47)43(2)37(33-24-16-9-17-25-33)41(51)46(5)36(28-32-22-14-8-15-23-32)40(50)45(4)35(27-31-20-12-7-13-21-31)39(49)44(3)34(38(42)48)26-30-18-10-6-11-19-30/h6-25,34-37H,26-28H2,1-5H3,(H2,42,48)/t34-,35-,36-,37-/m0/s1. The van der Waals surface area contributed by atoms with Gasteiger partial charge in [-0.3, -0.25) is 24.0 Å². The van der Waals surface area contributed by atoms with E-state index in [1.165, 1.54) is 33.6 Å². The molecule has 2 N–H and O–H groups in total. The van der Waals surface area contributed by atoms with Crippen molar-refractivity contribution in [2.75, 3.05) is 28.2 Å². The minimum absolute atomic E-state index is 0.150. The summed E-state index contributed by atoms with van der Waals surface area (Å²) in [5, 5.41) is 0. The van der Waals surface area contributed by atoms with Crippen LogP contribution in [-0.2, 0) is 43.2 Å². The molecule has 10 heteroatoms. The van der Waals surface area contributed by atoms with Gasteiger partial charge in [-0.1, -0.05) is 121 Å². The van der Waals surface area contributed by atoms with Crippen LogP contribution in [0.15, 0.2) is 121 Å². The third-order valence-electron chi connectivity index (χ3n) is 9.39. The van der Waals surface area contributed by atoms with Gasteiger partial charge in [0.1, 0.15) is 24.2 Å². The Morgan fingerprint density at radius 3 is 1.14 bits per heavy atom. The molecule has 51 heavy (non-hydrogen) atoms. The second-order valence-corrected chi connectivity index (χ2v) is 12.8. The van der Waals surface area contributed by atoms with Gasteiger partial charge in [-0.05, 0) is 22.3 Å². The lowest BCUT2D eigenvalue weighted by Gasteiger charge is -2.39. The molecule has 5 amide bonds. The molecule has 0 aromatic heterocycles. The number of hydrogen-bond donors (Lipinski definition) is 1. The fourth-order valence-corrected chi connectivity index (χ4v) is 6.19. The molecular weight excluding hydrogens is 642 g/mol. The normalized spacial score (nSPS) is 13.2. The van der Waals surface area contributed by atoms with Crippen LogP contribution in [0.2, 0.25) is 0 Å². The summed E-state index contributed by atoms with van der Waals surface area (Å²) < 4.78 is 0. The average Bonchev–Trinajstić information content (AvgIpc) is 3.15. The molecule has 4 aromatic rings. The first-order chi connectivity index (χ1) is 24.4. The maximum atomic E-state index is 14.8. The van der Waals surface area contributed by atoms with E-state index in [2.05, 4.69) is 0 Å². The molecule has 0 spiro atoms. The summed E-state index contributed by atoms with van der Waals surface area (Å²) in [6.07, 6.45) is 0.503. The van der Waals surface area contributed by atoms with Crippen LogP contribution in [0.25, 0.3) is 0 Å². The van der Waals surface area contributed by atoms with Gasteiger partial charge in [-0.2, -0.15) is 0 Å². The summed E-state index contributed by atoms with van der Waals surface area (Å²) in [7, 11) is 6.18. The van der Waals surface area contributed by atoms with E-state index >= 15 is 0 Å². The maximum absolute atomic E-state index is 14.8. The Labute approximate surface area is 300 Å². The van der Waals surface area contributed by atoms with Crippen molar-refractivity contribution in [1.29, 1.82) is 0 Å². The number of amides is 5. The lowest BCUT2D eigenvalue weighted by atomic mass is 9.97. The number of nitrogens with zero attached hydrogens (tertiary/aromatic N) is 4. The Kier molecular flexibility index (Phi) is 13.2. The lowest BCUT2D eigenvalue weighted by molar-refractivity contribution is -0.153. The zero-order valence-corrected chi connectivity index (χ0v) is 29.9. The van der Waals surface area contributed by atoms with Gasteiger partial charge < -0.3 is 25.3 Å². The number of likely N-dealkylation sites (N-methyl/N-ethyl adjacent to an activating group) is 4. The first-order valence-corrected chi connectivity index (χ1v) is 16.9. The average molecular weight is 690 g/mol. The van der Waals surface area contributed by atoms with Crippen molar-refractivity contribution in [3.05, 3.63) is 144 Å². The number of primary amides is 1. The first-order valence-electron chi connectivity index (χ1n) is 16.9. The maximum Gasteiger partial charge on any atom is 0.250 e. The topological polar surface area (TPSA) is 124 Å². The van der Waals surface area contributed by atoms with Gasteiger partial charge in [0.15, 0.2) is 0 Å². The molecule has 4 aromatic carbocycles. The van der Waals surface area contributed by atoms with Crippen LogP contribution in [0.4, 0.5) is 0 Å². The van der Waals surface area contributed by atoms with Crippen LogP contribution in [0, 0.1) is 0 Å². The van der Waals surface area contributed by atoms with Gasteiger partial charge in [0.2, 0.25) is 29.5 Å². The van der Waals surface area contributed by atoms with E-state index in [-0.39, 0.29) is 25.2 Å². The van der Waals surface area contributed by atoms with Crippen molar-refractivity contribution >= 4 is 29.5 Å². The third kappa shape index (κ3) is 9.69. The Bertz CT molecular complexity index is 1770. The number of carbonyl (C=O) groups excluding carboxylic acids is 5. The van der Waals surface area contributed by atoms with E-state index in [4.69, 9.17) is 5.73 Å². The third-order valence-corrected chi connectivity index (χ3v) is 9.39. The number of hydrogen-bond acceptors (Lipinski definition) is 5. The smallest absolute Gasteiger partial charge is 0.250 e. The fourth-order valence-electron chi connectivity index (χ4n) is 6.19. The molecule has 0 fully saturated rings. The van der Waals surface area contributed by atoms with Crippen molar-refractivity contribution in [3.8, 4) is 0 Å². The van der Waals surface area contributed by atoms with Crippen LogP contribution >= 0.6 is 0 Å². The van der Waals surface area contributed by atoms with Gasteiger partial charge in [-0.25, -0.2) is 0 Å². The minimum atomic E-state index is -1.05. The number of nitrogens with two attached hydrogens (primary N) is 1. The van der Waals surface area contributed by atoms with Crippen molar-refractivity contribution < 1.29 is 24.0 Å². The van der Waals surface area contributed by atoms with E-state index in [1.54, 1.807) is 45.4 Å². The van der Waals surface area contributed by atoms with Gasteiger partial charge >= 0.3 is 0 Å². The number of rotatable bonds is 15. The largest absolute Gasteiger partial charge is 0.368 e. The molecule has 0 aliphatic heterocycles. The second-order valence-electron chi connectivity index (χ2n) is 12.8. The summed E-state index contributed by atoms with van der Waals surface area (Å²) >= 11 is 0. The van der Waals surface area contributed by atoms with Crippen molar-refractivity contribution in [2.45, 2.75) is 50.4 Å². The number of benzene rings is 4. The Hall–Kier alpha value is -5.77. The minimum Gasteiger partial charge on any atom is -0.368 e. The SMILES string of the molecule is CC(=O)N(C)[C@H](C(=O)N(C)[C@@H](Cc1ccccc1)C(=O)N(C)[C@@H](Cc1ccccc1)C(=O)N(C)[C@@H](Cc1ccccc1)C(N)=O)c1ccccc1. The van der Waals surface area contributed by atoms with Crippen LogP contribution in [-0.4, -0.2) is 95.5 Å². The predicted octanol–water partition coefficient (Wildman–Crippen LogP) is 3.90. The summed E-state index contributed by atoms with van der Waals surface area (Å²) in [6, 6.07) is 32.8. The number of carbonyl (C=O) groups is 5. The van der Waals surface area contributed by atoms with Crippen LogP contribution in [0.1, 0.15) is 35.2 Å². The quantitative estimate of drug-likeness (QED) is 0.203. The lowest BCUT2D eigenvalue weighted by Crippen LogP contribution is -2.59. The van der Waals surface area contributed by atoms with E-state index in [1.807, 2.05) is 97.1 Å². The molecular formula is C41H47N5O5. The van der Waals surface area contributed by atoms with Crippen molar-refractivity contribution in [3.63, 3.8) is 0 Å². The monoisotopic (exact) mass is 689 g/mol. The highest BCUT2D eigenvalue weighted by molar-refractivity contribution is 5.95. The van der Waals surface area contributed by atoms with Crippen LogP contribution in [0.3, 0.4) is 0 Å². The summed E-state index contributed by atoms with van der Waals surface area (Å²) in [5.74, 6) is -2.39. The summed E-state index contributed by atoms with van der Waals surface area (Å²) in [6.45, 7) is 1.39. The first kappa shape index (κ1) is 38.0. The Morgan fingerprint density at radius 2 is 0.784 bits per heavy atom. The zero-order chi connectivity index (χ0) is 37.1. The molecule has 0 saturated carbocycles. The molecule has 0 radical (unpaired) electrons. The summed E-state index contributed by atoms with van der Waals surface area (Å²) in [5.41, 5.74) is 8.89.